The van der Waals surface area contributed by atoms with Crippen LogP contribution < -0.4 is 0 Å². The van der Waals surface area contributed by atoms with Crippen molar-refractivity contribution in [3.8, 4) is 0 Å². The zero-order valence-electron chi connectivity index (χ0n) is 11.0. The Kier molecular flexibility index (Phi) is 2.32. The lowest BCUT2D eigenvalue weighted by Gasteiger charge is -2.52. The Morgan fingerprint density at radius 1 is 0.941 bits per heavy atom. The Hall–Kier alpha value is -0.160. The van der Waals surface area contributed by atoms with E-state index in [4.69, 9.17) is 0 Å². The highest BCUT2D eigenvalue weighted by Crippen LogP contribution is 2.37. The smallest absolute Gasteiger partial charge is 0.139 e. The molecule has 4 saturated heterocycles. The maximum atomic E-state index is 2.81. The number of quaternary nitrogens is 1. The molecule has 5 aliphatic rings. The summed E-state index contributed by atoms with van der Waals surface area (Å²) in [5, 5.41) is 0. The summed E-state index contributed by atoms with van der Waals surface area (Å²) in [6.07, 6.45) is 5.80. The highest BCUT2D eigenvalue weighted by atomic mass is 15.7. The number of hydrogen-bond acceptors (Lipinski definition) is 3. The van der Waals surface area contributed by atoms with E-state index in [0.717, 1.165) is 12.1 Å². The average Bonchev–Trinajstić information content (AvgIpc) is 2.52. The van der Waals surface area contributed by atoms with Crippen LogP contribution in [0.2, 0.25) is 0 Å². The van der Waals surface area contributed by atoms with Gasteiger partial charge in [0.2, 0.25) is 0 Å². The molecule has 4 aliphatic heterocycles. The predicted octanol–water partition coefficient (Wildman–Crippen LogP) is 0.869. The summed E-state index contributed by atoms with van der Waals surface area (Å²) in [5.41, 5.74) is 0. The molecule has 0 aromatic heterocycles. The monoisotopic (exact) mass is 237 g/mol. The van der Waals surface area contributed by atoms with Crippen LogP contribution >= 0.6 is 0 Å². The van der Waals surface area contributed by atoms with Crippen molar-refractivity contribution in [2.45, 2.75) is 44.7 Å². The molecule has 0 aromatic carbocycles. The Labute approximate surface area is 104 Å². The fraction of sp³-hybridized carbons (Fsp3) is 1.00. The molecule has 0 spiro atoms. The summed E-state index contributed by atoms with van der Waals surface area (Å²) in [7, 11) is 0. The van der Waals surface area contributed by atoms with Gasteiger partial charge in [-0.1, -0.05) is 12.8 Å². The van der Waals surface area contributed by atoms with Crippen molar-refractivity contribution in [1.82, 2.24) is 14.7 Å². The van der Waals surface area contributed by atoms with Gasteiger partial charge in [-0.2, -0.15) is 0 Å². The van der Waals surface area contributed by atoms with Crippen LogP contribution in [0.4, 0.5) is 0 Å². The van der Waals surface area contributed by atoms with Gasteiger partial charge < -0.3 is 0 Å². The number of hydrogen-bond donors (Lipinski definition) is 0. The Balaban J connectivity index is 1.72. The zero-order valence-corrected chi connectivity index (χ0v) is 11.0. The second-order valence-corrected chi connectivity index (χ2v) is 6.63. The Morgan fingerprint density at radius 2 is 1.53 bits per heavy atom. The van der Waals surface area contributed by atoms with E-state index < -0.39 is 0 Å². The molecule has 4 nitrogen and oxygen atoms in total. The van der Waals surface area contributed by atoms with Crippen LogP contribution in [0.15, 0.2) is 0 Å². The molecule has 0 N–H and O–H groups in total. The van der Waals surface area contributed by atoms with Crippen molar-refractivity contribution in [2.24, 2.45) is 0 Å². The van der Waals surface area contributed by atoms with Gasteiger partial charge in [0.15, 0.2) is 0 Å². The van der Waals surface area contributed by atoms with Gasteiger partial charge in [-0.25, -0.2) is 14.7 Å². The van der Waals surface area contributed by atoms with E-state index in [2.05, 4.69) is 21.6 Å². The minimum atomic E-state index is 0.862. The first-order valence-corrected chi connectivity index (χ1v) is 7.35. The van der Waals surface area contributed by atoms with Gasteiger partial charge in [-0.05, 0) is 19.8 Å². The van der Waals surface area contributed by atoms with Crippen LogP contribution in [0.1, 0.15) is 32.6 Å². The molecule has 1 aliphatic carbocycles. The van der Waals surface area contributed by atoms with Crippen molar-refractivity contribution in [2.75, 3.05) is 39.9 Å². The largest absolute Gasteiger partial charge is 0.286 e. The highest BCUT2D eigenvalue weighted by molar-refractivity contribution is 4.93. The molecule has 4 atom stereocenters. The lowest BCUT2D eigenvalue weighted by Crippen LogP contribution is -2.71. The topological polar surface area (TPSA) is 9.72 Å². The van der Waals surface area contributed by atoms with Gasteiger partial charge in [0, 0.05) is 12.1 Å². The van der Waals surface area contributed by atoms with Crippen LogP contribution in [0.5, 0.6) is 0 Å². The van der Waals surface area contributed by atoms with Gasteiger partial charge in [0.1, 0.15) is 20.0 Å². The van der Waals surface area contributed by atoms with E-state index in [1.54, 1.807) is 0 Å². The van der Waals surface area contributed by atoms with Crippen molar-refractivity contribution in [3.63, 3.8) is 0 Å². The molecule has 4 heteroatoms. The Bertz CT molecular complexity index is 295. The molecule has 4 bridgehead atoms. The summed E-state index contributed by atoms with van der Waals surface area (Å²) in [6, 6.07) is 1.72. The molecule has 5 rings (SSSR count). The minimum absolute atomic E-state index is 0.862. The summed E-state index contributed by atoms with van der Waals surface area (Å²) in [5.74, 6) is 0. The molecular weight excluding hydrogens is 212 g/mol. The number of rotatable bonds is 1. The Morgan fingerprint density at radius 3 is 2.06 bits per heavy atom. The van der Waals surface area contributed by atoms with Crippen LogP contribution in [-0.4, -0.2) is 71.2 Å². The molecule has 0 radical (unpaired) electrons. The second-order valence-electron chi connectivity index (χ2n) is 6.63. The van der Waals surface area contributed by atoms with E-state index in [1.807, 2.05) is 0 Å². The molecule has 1 saturated carbocycles. The SMILES string of the molecule is CC[N+]12CN3CN(C1)[C@H]1CCCC[C@@H]1N(C3)C2. The van der Waals surface area contributed by atoms with Crippen LogP contribution in [0.3, 0.4) is 0 Å². The molecule has 0 amide bonds. The summed E-state index contributed by atoms with van der Waals surface area (Å²) < 4.78 is 1.30. The van der Waals surface area contributed by atoms with Crippen LogP contribution in [0, 0.1) is 0 Å². The van der Waals surface area contributed by atoms with Gasteiger partial charge >= 0.3 is 0 Å². The quantitative estimate of drug-likeness (QED) is 0.627. The zero-order chi connectivity index (χ0) is 11.5. The van der Waals surface area contributed by atoms with Crippen molar-refractivity contribution in [3.05, 3.63) is 0 Å². The molecule has 5 fully saturated rings. The molecule has 2 unspecified atom stereocenters. The van der Waals surface area contributed by atoms with Crippen LogP contribution in [-0.2, 0) is 0 Å². The number of nitrogens with zero attached hydrogens (tertiary/aromatic N) is 4. The van der Waals surface area contributed by atoms with Gasteiger partial charge in [0.25, 0.3) is 0 Å². The second kappa shape index (κ2) is 3.67. The molecule has 4 heterocycles. The predicted molar refractivity (Wildman–Crippen MR) is 66.7 cm³/mol. The van der Waals surface area contributed by atoms with Crippen LogP contribution in [0.25, 0.3) is 0 Å². The molecule has 0 aromatic rings. The lowest BCUT2D eigenvalue weighted by molar-refractivity contribution is -0.967. The minimum Gasteiger partial charge on any atom is -0.286 e. The van der Waals surface area contributed by atoms with Crippen molar-refractivity contribution < 1.29 is 4.48 Å². The van der Waals surface area contributed by atoms with Gasteiger partial charge in [-0.3, -0.25) is 4.48 Å². The first-order chi connectivity index (χ1) is 8.30. The van der Waals surface area contributed by atoms with Gasteiger partial charge in [0.05, 0.1) is 19.9 Å². The standard InChI is InChI=1S/C13H25N4/c1-2-17-9-14-7-15(10-17)12-5-3-4-6-13(12)16(8-14)11-17/h12-13H,2-11H2,1H3/q+1/t12-,13-/m0/s1. The molecule has 96 valence electrons. The van der Waals surface area contributed by atoms with E-state index in [9.17, 15) is 0 Å². The molecular formula is C13H25N4+. The third-order valence-electron chi connectivity index (χ3n) is 5.53. The average molecular weight is 237 g/mol. The summed E-state index contributed by atoms with van der Waals surface area (Å²) in [6.45, 7) is 10.1. The van der Waals surface area contributed by atoms with E-state index in [0.29, 0.717) is 0 Å². The fourth-order valence-electron chi connectivity index (χ4n) is 4.73. The maximum Gasteiger partial charge on any atom is 0.139 e. The summed E-state index contributed by atoms with van der Waals surface area (Å²) >= 11 is 0. The van der Waals surface area contributed by atoms with Gasteiger partial charge in [-0.15, -0.1) is 0 Å². The van der Waals surface area contributed by atoms with Crippen molar-refractivity contribution in [1.29, 1.82) is 0 Å². The normalized spacial score (nSPS) is 56.6. The first kappa shape index (κ1) is 10.7. The molecule has 17 heavy (non-hydrogen) atoms. The first-order valence-electron chi connectivity index (χ1n) is 7.35. The lowest BCUT2D eigenvalue weighted by atomic mass is 9.89. The highest BCUT2D eigenvalue weighted by Gasteiger charge is 2.52. The van der Waals surface area contributed by atoms with E-state index >= 15 is 0 Å². The third-order valence-corrected chi connectivity index (χ3v) is 5.53. The maximum absolute atomic E-state index is 2.81. The summed E-state index contributed by atoms with van der Waals surface area (Å²) in [4.78, 5) is 8.29. The van der Waals surface area contributed by atoms with E-state index in [1.165, 1.54) is 70.1 Å². The third kappa shape index (κ3) is 1.51. The van der Waals surface area contributed by atoms with E-state index in [-0.39, 0.29) is 0 Å². The van der Waals surface area contributed by atoms with Crippen molar-refractivity contribution >= 4 is 0 Å². The fourth-order valence-corrected chi connectivity index (χ4v) is 4.73.